The molecule has 0 radical (unpaired) electrons. The maximum absolute atomic E-state index is 6.05. The average molecular weight is 312 g/mol. The molecular weight excluding hydrogens is 296 g/mol. The lowest BCUT2D eigenvalue weighted by atomic mass is 10.1. The van der Waals surface area contributed by atoms with Gasteiger partial charge in [0, 0.05) is 17.0 Å². The Morgan fingerprint density at radius 2 is 1.38 bits per heavy atom. The minimum atomic E-state index is 0.794. The molecule has 4 aromatic rings. The molecule has 3 nitrogen and oxygen atoms in total. The summed E-state index contributed by atoms with van der Waals surface area (Å²) in [7, 11) is 0. The lowest BCUT2D eigenvalue weighted by molar-refractivity contribution is 0.618. The molecule has 0 atom stereocenters. The molecule has 0 bridgehead atoms. The number of hydrogen-bond acceptors (Lipinski definition) is 3. The van der Waals surface area contributed by atoms with Crippen LogP contribution in [0.4, 0.5) is 5.69 Å². The van der Waals surface area contributed by atoms with Gasteiger partial charge in [-0.3, -0.25) is 5.43 Å². The summed E-state index contributed by atoms with van der Waals surface area (Å²) in [6.45, 7) is 0. The van der Waals surface area contributed by atoms with Crippen LogP contribution in [0.15, 0.2) is 101 Å². The van der Waals surface area contributed by atoms with Crippen LogP contribution in [0.3, 0.4) is 0 Å². The third-order valence-electron chi connectivity index (χ3n) is 3.79. The number of rotatable bonds is 3. The molecule has 0 aliphatic heterocycles. The summed E-state index contributed by atoms with van der Waals surface area (Å²) >= 11 is 0. The van der Waals surface area contributed by atoms with Crippen LogP contribution in [0.25, 0.3) is 22.3 Å². The van der Waals surface area contributed by atoms with E-state index in [1.165, 1.54) is 0 Å². The van der Waals surface area contributed by atoms with Crippen molar-refractivity contribution >= 4 is 16.7 Å². The fourth-order valence-electron chi connectivity index (χ4n) is 2.59. The summed E-state index contributed by atoms with van der Waals surface area (Å²) in [6.07, 6.45) is 0. The fraction of sp³-hybridized carbons (Fsp3) is 0. The van der Waals surface area contributed by atoms with E-state index in [1.54, 1.807) is 0 Å². The van der Waals surface area contributed by atoms with Crippen molar-refractivity contribution in [2.24, 2.45) is 5.10 Å². The third-order valence-corrected chi connectivity index (χ3v) is 3.79. The van der Waals surface area contributed by atoms with Crippen LogP contribution in [0.1, 0.15) is 0 Å². The van der Waals surface area contributed by atoms with Crippen molar-refractivity contribution in [3.05, 3.63) is 96.4 Å². The van der Waals surface area contributed by atoms with Gasteiger partial charge in [0.2, 0.25) is 0 Å². The Hall–Kier alpha value is -3.33. The molecule has 24 heavy (non-hydrogen) atoms. The smallest absolute Gasteiger partial charge is 0.136 e. The highest BCUT2D eigenvalue weighted by Crippen LogP contribution is 2.21. The first-order valence-corrected chi connectivity index (χ1v) is 7.83. The van der Waals surface area contributed by atoms with Crippen LogP contribution in [0, 0.1) is 0 Å². The Balaban J connectivity index is 1.87. The van der Waals surface area contributed by atoms with Gasteiger partial charge in [0.15, 0.2) is 0 Å². The molecule has 0 aliphatic carbocycles. The van der Waals surface area contributed by atoms with Crippen molar-refractivity contribution in [1.29, 1.82) is 0 Å². The zero-order valence-corrected chi connectivity index (χ0v) is 13.0. The van der Waals surface area contributed by atoms with E-state index in [4.69, 9.17) is 4.42 Å². The molecule has 0 aliphatic rings. The summed E-state index contributed by atoms with van der Waals surface area (Å²) in [6, 6.07) is 29.8. The predicted molar refractivity (Wildman–Crippen MR) is 97.3 cm³/mol. The number of para-hydroxylation sites is 2. The van der Waals surface area contributed by atoms with Gasteiger partial charge in [0.05, 0.1) is 11.0 Å². The van der Waals surface area contributed by atoms with E-state index in [9.17, 15) is 0 Å². The molecule has 1 N–H and O–H groups in total. The summed E-state index contributed by atoms with van der Waals surface area (Å²) in [5.41, 5.74) is 5.90. The second-order valence-corrected chi connectivity index (χ2v) is 5.45. The van der Waals surface area contributed by atoms with E-state index in [0.717, 1.165) is 33.3 Å². The molecule has 0 saturated heterocycles. The van der Waals surface area contributed by atoms with Gasteiger partial charge in [0.1, 0.15) is 11.3 Å². The van der Waals surface area contributed by atoms with E-state index in [2.05, 4.69) is 10.5 Å². The largest absolute Gasteiger partial charge is 0.456 e. The van der Waals surface area contributed by atoms with Crippen molar-refractivity contribution in [1.82, 2.24) is 0 Å². The summed E-state index contributed by atoms with van der Waals surface area (Å²) in [4.78, 5) is 0. The third kappa shape index (κ3) is 2.92. The molecule has 1 aromatic heterocycles. The van der Waals surface area contributed by atoms with Gasteiger partial charge in [-0.2, -0.15) is 5.10 Å². The molecule has 3 aromatic carbocycles. The number of hydrogen-bond donors (Lipinski definition) is 1. The zero-order valence-electron chi connectivity index (χ0n) is 13.0. The number of nitrogens with zero attached hydrogens (tertiary/aromatic N) is 1. The molecule has 4 rings (SSSR count). The number of fused-ring (bicyclic) bond motifs is 1. The van der Waals surface area contributed by atoms with Gasteiger partial charge in [-0.15, -0.1) is 0 Å². The summed E-state index contributed by atoms with van der Waals surface area (Å²) < 4.78 is 6.05. The quantitative estimate of drug-likeness (QED) is 0.539. The lowest BCUT2D eigenvalue weighted by Gasteiger charge is -2.05. The van der Waals surface area contributed by atoms with Crippen LogP contribution in [0.2, 0.25) is 0 Å². The van der Waals surface area contributed by atoms with Crippen LogP contribution < -0.4 is 10.8 Å². The Morgan fingerprint density at radius 1 is 0.708 bits per heavy atom. The monoisotopic (exact) mass is 312 g/mol. The highest BCUT2D eigenvalue weighted by Gasteiger charge is 2.05. The van der Waals surface area contributed by atoms with E-state index in [0.29, 0.717) is 0 Å². The van der Waals surface area contributed by atoms with Crippen molar-refractivity contribution in [3.63, 3.8) is 0 Å². The van der Waals surface area contributed by atoms with E-state index >= 15 is 0 Å². The molecule has 0 amide bonds. The number of benzene rings is 3. The minimum Gasteiger partial charge on any atom is -0.456 e. The number of nitrogens with one attached hydrogen (secondary N) is 1. The van der Waals surface area contributed by atoms with Crippen molar-refractivity contribution < 1.29 is 4.42 Å². The van der Waals surface area contributed by atoms with E-state index in [-0.39, 0.29) is 0 Å². The van der Waals surface area contributed by atoms with Crippen molar-refractivity contribution in [3.8, 4) is 11.3 Å². The van der Waals surface area contributed by atoms with Gasteiger partial charge >= 0.3 is 0 Å². The van der Waals surface area contributed by atoms with E-state index < -0.39 is 0 Å². The van der Waals surface area contributed by atoms with Crippen LogP contribution in [-0.2, 0) is 0 Å². The zero-order chi connectivity index (χ0) is 16.2. The highest BCUT2D eigenvalue weighted by atomic mass is 16.3. The first kappa shape index (κ1) is 14.3. The van der Waals surface area contributed by atoms with E-state index in [1.807, 2.05) is 91.0 Å². The first-order chi connectivity index (χ1) is 11.9. The second-order valence-electron chi connectivity index (χ2n) is 5.45. The molecule has 0 unspecified atom stereocenters. The topological polar surface area (TPSA) is 37.5 Å². The first-order valence-electron chi connectivity index (χ1n) is 7.83. The summed E-state index contributed by atoms with van der Waals surface area (Å²) in [5.74, 6) is 0.794. The van der Waals surface area contributed by atoms with Gasteiger partial charge in [-0.1, -0.05) is 60.7 Å². The molecule has 3 heteroatoms. The van der Waals surface area contributed by atoms with Crippen LogP contribution >= 0.6 is 0 Å². The molecule has 0 saturated carbocycles. The SMILES string of the molecule is c1ccc(N/N=c2\cc(-c3ccccc3)oc3ccccc23)cc1. The Morgan fingerprint density at radius 3 is 2.17 bits per heavy atom. The van der Waals surface area contributed by atoms with Crippen molar-refractivity contribution in [2.45, 2.75) is 0 Å². The average Bonchev–Trinajstić information content (AvgIpc) is 2.67. The molecule has 116 valence electrons. The van der Waals surface area contributed by atoms with Gasteiger partial charge < -0.3 is 4.42 Å². The Labute approximate surface area is 139 Å². The minimum absolute atomic E-state index is 0.794. The van der Waals surface area contributed by atoms with Crippen LogP contribution in [0.5, 0.6) is 0 Å². The highest BCUT2D eigenvalue weighted by molar-refractivity contribution is 5.78. The Bertz CT molecular complexity index is 1020. The molecular formula is C21H16N2O. The maximum Gasteiger partial charge on any atom is 0.136 e. The van der Waals surface area contributed by atoms with Gasteiger partial charge in [0.25, 0.3) is 0 Å². The maximum atomic E-state index is 6.05. The fourth-order valence-corrected chi connectivity index (χ4v) is 2.59. The lowest BCUT2D eigenvalue weighted by Crippen LogP contribution is -2.07. The normalized spacial score (nSPS) is 11.6. The standard InChI is InChI=1S/C21H16N2O/c1-3-9-16(10-4-1)21-15-19(18-13-7-8-14-20(18)24-21)23-22-17-11-5-2-6-12-17/h1-15,22H/b23-19+. The molecule has 0 fully saturated rings. The predicted octanol–water partition coefficient (Wildman–Crippen LogP) is 5.03. The van der Waals surface area contributed by atoms with Crippen molar-refractivity contribution in [2.75, 3.05) is 5.43 Å². The molecule has 0 spiro atoms. The number of anilines is 1. The molecule has 1 heterocycles. The summed E-state index contributed by atoms with van der Waals surface area (Å²) in [5, 5.41) is 6.40. The van der Waals surface area contributed by atoms with Gasteiger partial charge in [-0.05, 0) is 24.3 Å². The second kappa shape index (κ2) is 6.42. The van der Waals surface area contributed by atoms with Gasteiger partial charge in [-0.25, -0.2) is 0 Å². The Kier molecular flexibility index (Phi) is 3.82. The van der Waals surface area contributed by atoms with Crippen LogP contribution in [-0.4, -0.2) is 0 Å².